The maximum Gasteiger partial charge on any atom is 0.317 e. The SMILES string of the molecule is CN(Cc1ccco1)C(=O)NC[C@@H](c1cccs1)N1CCOCC1. The fraction of sp³-hybridized carbons (Fsp3) is 0.471. The second-order valence-corrected chi connectivity index (χ2v) is 6.78. The van der Waals surface area contributed by atoms with Crippen molar-refractivity contribution >= 4 is 17.4 Å². The van der Waals surface area contributed by atoms with E-state index in [2.05, 4.69) is 27.7 Å². The van der Waals surface area contributed by atoms with Crippen LogP contribution in [0.15, 0.2) is 40.3 Å². The summed E-state index contributed by atoms with van der Waals surface area (Å²) in [5.41, 5.74) is 0. The van der Waals surface area contributed by atoms with Crippen molar-refractivity contribution in [2.75, 3.05) is 39.9 Å². The van der Waals surface area contributed by atoms with E-state index in [1.807, 2.05) is 12.1 Å². The van der Waals surface area contributed by atoms with Crippen LogP contribution in [0.4, 0.5) is 4.79 Å². The molecule has 0 radical (unpaired) electrons. The number of carbonyl (C=O) groups excluding carboxylic acids is 1. The van der Waals surface area contributed by atoms with Crippen LogP contribution in [-0.2, 0) is 11.3 Å². The Morgan fingerprint density at radius 2 is 2.21 bits per heavy atom. The van der Waals surface area contributed by atoms with Gasteiger partial charge < -0.3 is 19.4 Å². The predicted octanol–water partition coefficient (Wildman–Crippen LogP) is 2.56. The number of furan rings is 1. The van der Waals surface area contributed by atoms with Crippen molar-refractivity contribution in [1.82, 2.24) is 15.1 Å². The number of ether oxygens (including phenoxy) is 1. The fourth-order valence-electron chi connectivity index (χ4n) is 2.81. The van der Waals surface area contributed by atoms with Crippen LogP contribution in [0.2, 0.25) is 0 Å². The molecule has 2 aromatic heterocycles. The normalized spacial score (nSPS) is 16.7. The van der Waals surface area contributed by atoms with Crippen molar-refractivity contribution in [2.24, 2.45) is 0 Å². The summed E-state index contributed by atoms with van der Waals surface area (Å²) in [5.74, 6) is 0.774. The van der Waals surface area contributed by atoms with Crippen molar-refractivity contribution in [2.45, 2.75) is 12.6 Å². The molecule has 3 heterocycles. The average Bonchev–Trinajstić information content (AvgIpc) is 3.30. The summed E-state index contributed by atoms with van der Waals surface area (Å²) in [6.07, 6.45) is 1.62. The Morgan fingerprint density at radius 3 is 2.88 bits per heavy atom. The lowest BCUT2D eigenvalue weighted by molar-refractivity contribution is 0.0172. The van der Waals surface area contributed by atoms with Gasteiger partial charge in [-0.15, -0.1) is 11.3 Å². The van der Waals surface area contributed by atoms with Gasteiger partial charge in [-0.25, -0.2) is 4.79 Å². The molecular weight excluding hydrogens is 326 g/mol. The maximum atomic E-state index is 12.4. The molecule has 6 nitrogen and oxygen atoms in total. The molecule has 7 heteroatoms. The highest BCUT2D eigenvalue weighted by Crippen LogP contribution is 2.25. The summed E-state index contributed by atoms with van der Waals surface area (Å²) >= 11 is 1.73. The van der Waals surface area contributed by atoms with Gasteiger partial charge in [-0.3, -0.25) is 4.90 Å². The number of rotatable bonds is 6. The van der Waals surface area contributed by atoms with Gasteiger partial charge in [-0.2, -0.15) is 0 Å². The molecule has 1 aliphatic heterocycles. The van der Waals surface area contributed by atoms with Crippen molar-refractivity contribution in [1.29, 1.82) is 0 Å². The molecule has 1 saturated heterocycles. The Kier molecular flexibility index (Phi) is 5.90. The highest BCUT2D eigenvalue weighted by Gasteiger charge is 2.24. The summed E-state index contributed by atoms with van der Waals surface area (Å²) in [6, 6.07) is 7.97. The minimum atomic E-state index is -0.0961. The molecule has 24 heavy (non-hydrogen) atoms. The quantitative estimate of drug-likeness (QED) is 0.871. The molecule has 0 unspecified atom stereocenters. The number of carbonyl (C=O) groups is 1. The van der Waals surface area contributed by atoms with Gasteiger partial charge in [-0.1, -0.05) is 6.07 Å². The van der Waals surface area contributed by atoms with Crippen molar-refractivity contribution in [3.05, 3.63) is 46.5 Å². The van der Waals surface area contributed by atoms with Crippen LogP contribution in [0.5, 0.6) is 0 Å². The molecule has 1 fully saturated rings. The molecule has 0 aliphatic carbocycles. The van der Waals surface area contributed by atoms with Crippen LogP contribution in [0.3, 0.4) is 0 Å². The molecular formula is C17H23N3O3S. The van der Waals surface area contributed by atoms with Crippen LogP contribution in [-0.4, -0.2) is 55.7 Å². The van der Waals surface area contributed by atoms with Crippen LogP contribution in [0.25, 0.3) is 0 Å². The Balaban J connectivity index is 1.57. The fourth-order valence-corrected chi connectivity index (χ4v) is 3.67. The maximum absolute atomic E-state index is 12.4. The molecule has 130 valence electrons. The minimum absolute atomic E-state index is 0.0961. The summed E-state index contributed by atoms with van der Waals surface area (Å²) in [4.78, 5) is 17.6. The Morgan fingerprint density at radius 1 is 1.38 bits per heavy atom. The summed E-state index contributed by atoms with van der Waals surface area (Å²) < 4.78 is 10.7. The van der Waals surface area contributed by atoms with E-state index in [1.54, 1.807) is 29.5 Å². The van der Waals surface area contributed by atoms with E-state index in [0.29, 0.717) is 13.1 Å². The summed E-state index contributed by atoms with van der Waals surface area (Å²) in [5, 5.41) is 5.13. The van der Waals surface area contributed by atoms with Crippen LogP contribution in [0.1, 0.15) is 16.7 Å². The molecule has 2 aromatic rings. The molecule has 2 amide bonds. The van der Waals surface area contributed by atoms with Gasteiger partial charge in [0, 0.05) is 31.6 Å². The molecule has 1 aliphatic rings. The lowest BCUT2D eigenvalue weighted by atomic mass is 10.2. The van der Waals surface area contributed by atoms with Crippen LogP contribution in [0, 0.1) is 0 Å². The van der Waals surface area contributed by atoms with Gasteiger partial charge in [0.1, 0.15) is 5.76 Å². The first kappa shape index (κ1) is 17.0. The van der Waals surface area contributed by atoms with E-state index < -0.39 is 0 Å². The van der Waals surface area contributed by atoms with E-state index in [9.17, 15) is 4.79 Å². The second kappa shape index (κ2) is 8.32. The molecule has 3 rings (SSSR count). The minimum Gasteiger partial charge on any atom is -0.467 e. The van der Waals surface area contributed by atoms with Crippen LogP contribution < -0.4 is 5.32 Å². The van der Waals surface area contributed by atoms with Crippen molar-refractivity contribution in [3.63, 3.8) is 0 Å². The molecule has 0 spiro atoms. The number of urea groups is 1. The molecule has 1 atom stereocenters. The summed E-state index contributed by atoms with van der Waals surface area (Å²) in [6.45, 7) is 4.31. The zero-order valence-electron chi connectivity index (χ0n) is 13.8. The number of thiophene rings is 1. The van der Waals surface area contributed by atoms with E-state index >= 15 is 0 Å². The third-order valence-corrected chi connectivity index (χ3v) is 5.10. The van der Waals surface area contributed by atoms with Gasteiger partial charge in [0.15, 0.2) is 0 Å². The standard InChI is InChI=1S/C17H23N3O3S/c1-19(13-14-4-2-8-23-14)17(21)18-12-15(16-5-3-11-24-16)20-6-9-22-10-7-20/h2-5,8,11,15H,6-7,9-10,12-13H2,1H3,(H,18,21)/t15-/m0/s1. The number of hydrogen-bond acceptors (Lipinski definition) is 5. The van der Waals surface area contributed by atoms with Gasteiger partial charge in [0.05, 0.1) is 32.1 Å². The largest absolute Gasteiger partial charge is 0.467 e. The average molecular weight is 349 g/mol. The van der Waals surface area contributed by atoms with E-state index in [1.165, 1.54) is 4.88 Å². The number of nitrogens with one attached hydrogen (secondary N) is 1. The molecule has 0 aromatic carbocycles. The predicted molar refractivity (Wildman–Crippen MR) is 93.0 cm³/mol. The van der Waals surface area contributed by atoms with E-state index in [4.69, 9.17) is 9.15 Å². The monoisotopic (exact) mass is 349 g/mol. The zero-order chi connectivity index (χ0) is 16.8. The number of morpholine rings is 1. The second-order valence-electron chi connectivity index (χ2n) is 5.80. The lowest BCUT2D eigenvalue weighted by Gasteiger charge is -2.34. The first-order valence-electron chi connectivity index (χ1n) is 8.10. The van der Waals surface area contributed by atoms with Gasteiger partial charge >= 0.3 is 6.03 Å². The third-order valence-electron chi connectivity index (χ3n) is 4.12. The highest BCUT2D eigenvalue weighted by atomic mass is 32.1. The first-order chi connectivity index (χ1) is 11.7. The van der Waals surface area contributed by atoms with Gasteiger partial charge in [0.25, 0.3) is 0 Å². The number of amides is 2. The summed E-state index contributed by atoms with van der Waals surface area (Å²) in [7, 11) is 1.77. The van der Waals surface area contributed by atoms with Crippen molar-refractivity contribution < 1.29 is 13.9 Å². The van der Waals surface area contributed by atoms with Gasteiger partial charge in [-0.05, 0) is 23.6 Å². The Bertz CT molecular complexity index is 609. The number of nitrogens with zero attached hydrogens (tertiary/aromatic N) is 2. The van der Waals surface area contributed by atoms with Crippen molar-refractivity contribution in [3.8, 4) is 0 Å². The third kappa shape index (κ3) is 4.37. The molecule has 1 N–H and O–H groups in total. The highest BCUT2D eigenvalue weighted by molar-refractivity contribution is 7.10. The van der Waals surface area contributed by atoms with E-state index in [-0.39, 0.29) is 12.1 Å². The Labute approximate surface area is 146 Å². The molecule has 0 saturated carbocycles. The smallest absolute Gasteiger partial charge is 0.317 e. The van der Waals surface area contributed by atoms with E-state index in [0.717, 1.165) is 32.1 Å². The van der Waals surface area contributed by atoms with Crippen LogP contribution >= 0.6 is 11.3 Å². The lowest BCUT2D eigenvalue weighted by Crippen LogP contribution is -2.45. The van der Waals surface area contributed by atoms with Gasteiger partial charge in [0.2, 0.25) is 0 Å². The first-order valence-corrected chi connectivity index (χ1v) is 8.98. The topological polar surface area (TPSA) is 58.0 Å². The number of hydrogen-bond donors (Lipinski definition) is 1. The Hall–Kier alpha value is -1.83. The molecule has 0 bridgehead atoms. The zero-order valence-corrected chi connectivity index (χ0v) is 14.6.